The Morgan fingerprint density at radius 1 is 1.00 bits per heavy atom. The van der Waals surface area contributed by atoms with E-state index in [1.807, 2.05) is 21.2 Å². The molecule has 0 atom stereocenters. The van der Waals surface area contributed by atoms with E-state index < -0.39 is 0 Å². The molecule has 0 spiro atoms. The monoisotopic (exact) mass is 454 g/mol. The van der Waals surface area contributed by atoms with Gasteiger partial charge in [-0.1, -0.05) is 6.42 Å². The second-order valence-electron chi connectivity index (χ2n) is 7.67. The summed E-state index contributed by atoms with van der Waals surface area (Å²) in [6.07, 6.45) is 4.03. The van der Waals surface area contributed by atoms with Crippen LogP contribution in [-0.2, 0) is 4.79 Å². The summed E-state index contributed by atoms with van der Waals surface area (Å²) in [6, 6.07) is 2.69. The van der Waals surface area contributed by atoms with Crippen LogP contribution in [0.2, 0.25) is 0 Å². The standard InChI is InChI=1S/C19H27BrN4O2S/c20-16-4-13-27-18(16)19(26)24-7-5-21(6-8-24)14-17(25)23-11-9-22(10-12-23)15-2-1-3-15/h4,13,15H,1-3,5-12,14H2. The molecule has 3 heterocycles. The smallest absolute Gasteiger partial charge is 0.265 e. The zero-order valence-corrected chi connectivity index (χ0v) is 18.0. The molecule has 0 aromatic carbocycles. The van der Waals surface area contributed by atoms with E-state index in [-0.39, 0.29) is 11.8 Å². The highest BCUT2D eigenvalue weighted by molar-refractivity contribution is 9.10. The first-order valence-corrected chi connectivity index (χ1v) is 11.6. The Kier molecular flexibility index (Phi) is 6.16. The first-order chi connectivity index (χ1) is 13.1. The van der Waals surface area contributed by atoms with Crippen molar-refractivity contribution in [2.24, 2.45) is 0 Å². The van der Waals surface area contributed by atoms with Gasteiger partial charge in [0.1, 0.15) is 4.88 Å². The van der Waals surface area contributed by atoms with Crippen LogP contribution in [0.4, 0.5) is 0 Å². The molecule has 0 N–H and O–H groups in total. The fourth-order valence-electron chi connectivity index (χ4n) is 4.08. The minimum Gasteiger partial charge on any atom is -0.339 e. The van der Waals surface area contributed by atoms with Crippen molar-refractivity contribution < 1.29 is 9.59 Å². The summed E-state index contributed by atoms with van der Waals surface area (Å²) in [6.45, 7) is 7.15. The van der Waals surface area contributed by atoms with Crippen molar-refractivity contribution >= 4 is 39.1 Å². The summed E-state index contributed by atoms with van der Waals surface area (Å²) >= 11 is 4.92. The predicted molar refractivity (Wildman–Crippen MR) is 110 cm³/mol. The molecule has 148 valence electrons. The van der Waals surface area contributed by atoms with Crippen LogP contribution in [0.3, 0.4) is 0 Å². The van der Waals surface area contributed by atoms with Crippen LogP contribution in [0, 0.1) is 0 Å². The molecule has 0 unspecified atom stereocenters. The number of hydrogen-bond donors (Lipinski definition) is 0. The number of piperazine rings is 2. The second kappa shape index (κ2) is 8.59. The molecule has 1 aromatic rings. The van der Waals surface area contributed by atoms with E-state index in [1.54, 1.807) is 0 Å². The minimum absolute atomic E-state index is 0.0926. The van der Waals surface area contributed by atoms with E-state index in [0.29, 0.717) is 19.6 Å². The summed E-state index contributed by atoms with van der Waals surface area (Å²) in [7, 11) is 0. The lowest BCUT2D eigenvalue weighted by molar-refractivity contribution is -0.135. The van der Waals surface area contributed by atoms with Crippen molar-refractivity contribution in [1.29, 1.82) is 0 Å². The van der Waals surface area contributed by atoms with Crippen molar-refractivity contribution in [2.75, 3.05) is 58.9 Å². The van der Waals surface area contributed by atoms with Gasteiger partial charge in [0.25, 0.3) is 5.91 Å². The van der Waals surface area contributed by atoms with Crippen LogP contribution < -0.4 is 0 Å². The number of rotatable bonds is 4. The maximum Gasteiger partial charge on any atom is 0.265 e. The molecule has 2 saturated heterocycles. The van der Waals surface area contributed by atoms with E-state index in [1.165, 1.54) is 30.6 Å². The quantitative estimate of drug-likeness (QED) is 0.697. The molecule has 1 aromatic heterocycles. The van der Waals surface area contributed by atoms with Gasteiger partial charge >= 0.3 is 0 Å². The molecule has 2 aliphatic heterocycles. The average molecular weight is 455 g/mol. The van der Waals surface area contributed by atoms with Gasteiger partial charge in [0, 0.05) is 62.9 Å². The van der Waals surface area contributed by atoms with Crippen molar-refractivity contribution in [3.63, 3.8) is 0 Å². The first kappa shape index (κ1) is 19.4. The SMILES string of the molecule is O=C(CN1CCN(C(=O)c2sccc2Br)CC1)N1CCN(C2CCC2)CC1. The van der Waals surface area contributed by atoms with Crippen molar-refractivity contribution in [3.8, 4) is 0 Å². The Morgan fingerprint density at radius 3 is 2.22 bits per heavy atom. The number of carbonyl (C=O) groups is 2. The molecular formula is C19H27BrN4O2S. The fraction of sp³-hybridized carbons (Fsp3) is 0.684. The Labute approximate surface area is 173 Å². The summed E-state index contributed by atoms with van der Waals surface area (Å²) in [5, 5.41) is 1.93. The first-order valence-electron chi connectivity index (χ1n) is 9.88. The maximum atomic E-state index is 12.7. The number of hydrogen-bond acceptors (Lipinski definition) is 5. The summed E-state index contributed by atoms with van der Waals surface area (Å²) in [4.78, 5) is 34.7. The van der Waals surface area contributed by atoms with E-state index in [0.717, 1.165) is 54.7 Å². The van der Waals surface area contributed by atoms with Gasteiger partial charge < -0.3 is 9.80 Å². The maximum absolute atomic E-state index is 12.7. The molecule has 3 aliphatic rings. The van der Waals surface area contributed by atoms with E-state index in [2.05, 4.69) is 25.7 Å². The lowest BCUT2D eigenvalue weighted by Gasteiger charge is -2.43. The van der Waals surface area contributed by atoms with Crippen molar-refractivity contribution in [2.45, 2.75) is 25.3 Å². The third kappa shape index (κ3) is 4.39. The third-order valence-corrected chi connectivity index (χ3v) is 7.91. The van der Waals surface area contributed by atoms with Crippen LogP contribution in [0.5, 0.6) is 0 Å². The minimum atomic E-state index is 0.0926. The molecule has 1 saturated carbocycles. The van der Waals surface area contributed by atoms with Crippen molar-refractivity contribution in [3.05, 3.63) is 20.8 Å². The van der Waals surface area contributed by atoms with Crippen LogP contribution in [0.25, 0.3) is 0 Å². The molecule has 6 nitrogen and oxygen atoms in total. The van der Waals surface area contributed by atoms with E-state index in [9.17, 15) is 9.59 Å². The van der Waals surface area contributed by atoms with E-state index >= 15 is 0 Å². The Hall–Kier alpha value is -0.960. The summed E-state index contributed by atoms with van der Waals surface area (Å²) in [5.41, 5.74) is 0. The largest absolute Gasteiger partial charge is 0.339 e. The fourth-order valence-corrected chi connectivity index (χ4v) is 5.59. The normalized spacial score (nSPS) is 22.7. The molecule has 0 bridgehead atoms. The summed E-state index contributed by atoms with van der Waals surface area (Å²) in [5.74, 6) is 0.332. The molecule has 3 fully saturated rings. The highest BCUT2D eigenvalue weighted by Crippen LogP contribution is 2.26. The number of halogens is 1. The molecule has 0 radical (unpaired) electrons. The van der Waals surface area contributed by atoms with Crippen molar-refractivity contribution in [1.82, 2.24) is 19.6 Å². The molecule has 2 amide bonds. The van der Waals surface area contributed by atoms with Gasteiger partial charge in [-0.15, -0.1) is 11.3 Å². The zero-order chi connectivity index (χ0) is 18.8. The Balaban J connectivity index is 1.20. The predicted octanol–water partition coefficient (Wildman–Crippen LogP) is 1.97. The topological polar surface area (TPSA) is 47.1 Å². The highest BCUT2D eigenvalue weighted by Gasteiger charge is 2.30. The van der Waals surface area contributed by atoms with Gasteiger partial charge in [-0.05, 0) is 40.2 Å². The van der Waals surface area contributed by atoms with Crippen LogP contribution in [0.1, 0.15) is 28.9 Å². The Bertz CT molecular complexity index is 677. The van der Waals surface area contributed by atoms with Gasteiger partial charge in [0.2, 0.25) is 5.91 Å². The second-order valence-corrected chi connectivity index (χ2v) is 9.44. The molecular weight excluding hydrogens is 428 g/mol. The van der Waals surface area contributed by atoms with Gasteiger partial charge in [0.15, 0.2) is 0 Å². The molecule has 8 heteroatoms. The highest BCUT2D eigenvalue weighted by atomic mass is 79.9. The number of nitrogens with zero attached hydrogens (tertiary/aromatic N) is 4. The van der Waals surface area contributed by atoms with Gasteiger partial charge in [-0.2, -0.15) is 0 Å². The summed E-state index contributed by atoms with van der Waals surface area (Å²) < 4.78 is 0.871. The zero-order valence-electron chi connectivity index (χ0n) is 15.6. The molecule has 1 aliphatic carbocycles. The molecule has 27 heavy (non-hydrogen) atoms. The van der Waals surface area contributed by atoms with Gasteiger partial charge in [-0.25, -0.2) is 0 Å². The number of thiophene rings is 1. The number of carbonyl (C=O) groups excluding carboxylic acids is 2. The molecule has 4 rings (SSSR count). The average Bonchev–Trinajstić information content (AvgIpc) is 3.07. The van der Waals surface area contributed by atoms with Crippen LogP contribution in [-0.4, -0.2) is 96.4 Å². The number of amides is 2. The van der Waals surface area contributed by atoms with Crippen LogP contribution >= 0.6 is 27.3 Å². The van der Waals surface area contributed by atoms with E-state index in [4.69, 9.17) is 0 Å². The van der Waals surface area contributed by atoms with Crippen LogP contribution in [0.15, 0.2) is 15.9 Å². The Morgan fingerprint density at radius 2 is 1.67 bits per heavy atom. The lowest BCUT2D eigenvalue weighted by atomic mass is 9.91. The third-order valence-electron chi connectivity index (χ3n) is 6.09. The van der Waals surface area contributed by atoms with Gasteiger partial charge in [-0.3, -0.25) is 19.4 Å². The lowest BCUT2D eigenvalue weighted by Crippen LogP contribution is -2.56. The van der Waals surface area contributed by atoms with Gasteiger partial charge in [0.05, 0.1) is 6.54 Å².